The molecule has 2 N–H and O–H groups in total. The lowest BCUT2D eigenvalue weighted by molar-refractivity contribution is 0.103. The molecule has 3 nitrogen and oxygen atoms in total. The van der Waals surface area contributed by atoms with Gasteiger partial charge in [0.15, 0.2) is 5.78 Å². The minimum Gasteiger partial charge on any atom is -0.399 e. The Kier molecular flexibility index (Phi) is 3.24. The largest absolute Gasteiger partial charge is 0.399 e. The van der Waals surface area contributed by atoms with Crippen molar-refractivity contribution in [1.29, 1.82) is 0 Å². The van der Waals surface area contributed by atoms with E-state index >= 15 is 0 Å². The van der Waals surface area contributed by atoms with Crippen LogP contribution in [0.2, 0.25) is 0 Å². The number of pyridine rings is 1. The van der Waals surface area contributed by atoms with Crippen LogP contribution in [0.4, 0.5) is 5.69 Å². The maximum absolute atomic E-state index is 12.7. The Morgan fingerprint density at radius 3 is 2.75 bits per heavy atom. The molecule has 3 rings (SSSR count). The van der Waals surface area contributed by atoms with Crippen LogP contribution >= 0.6 is 15.9 Å². The van der Waals surface area contributed by atoms with E-state index < -0.39 is 0 Å². The number of halogens is 1. The molecule has 98 valence electrons. The van der Waals surface area contributed by atoms with Crippen molar-refractivity contribution in [1.82, 2.24) is 4.98 Å². The van der Waals surface area contributed by atoms with Crippen LogP contribution in [0, 0.1) is 0 Å². The zero-order valence-corrected chi connectivity index (χ0v) is 12.1. The number of ketones is 1. The van der Waals surface area contributed by atoms with Crippen molar-refractivity contribution in [3.63, 3.8) is 0 Å². The third kappa shape index (κ3) is 2.18. The van der Waals surface area contributed by atoms with Crippen molar-refractivity contribution >= 4 is 38.3 Å². The summed E-state index contributed by atoms with van der Waals surface area (Å²) in [5.74, 6) is -0.0669. The summed E-state index contributed by atoms with van der Waals surface area (Å²) in [5, 5.41) is 0.842. The Morgan fingerprint density at radius 1 is 1.05 bits per heavy atom. The van der Waals surface area contributed by atoms with Crippen LogP contribution in [0.5, 0.6) is 0 Å². The van der Waals surface area contributed by atoms with E-state index in [1.807, 2.05) is 30.3 Å². The molecule has 2 aromatic carbocycles. The summed E-state index contributed by atoms with van der Waals surface area (Å²) in [6, 6.07) is 14.5. The number of hydrogen-bond acceptors (Lipinski definition) is 3. The van der Waals surface area contributed by atoms with Crippen molar-refractivity contribution in [3.8, 4) is 0 Å². The maximum Gasteiger partial charge on any atom is 0.194 e. The third-order valence-corrected chi connectivity index (χ3v) is 3.82. The molecule has 1 aromatic heterocycles. The number of nitrogen functional groups attached to an aromatic ring is 1. The van der Waals surface area contributed by atoms with Crippen molar-refractivity contribution < 1.29 is 4.79 Å². The second kappa shape index (κ2) is 5.06. The molecule has 0 bridgehead atoms. The van der Waals surface area contributed by atoms with Crippen molar-refractivity contribution in [2.45, 2.75) is 0 Å². The van der Waals surface area contributed by atoms with E-state index in [9.17, 15) is 4.79 Å². The van der Waals surface area contributed by atoms with E-state index in [1.54, 1.807) is 24.4 Å². The van der Waals surface area contributed by atoms with E-state index in [4.69, 9.17) is 5.73 Å². The van der Waals surface area contributed by atoms with Gasteiger partial charge in [-0.25, -0.2) is 0 Å². The highest BCUT2D eigenvalue weighted by atomic mass is 79.9. The zero-order chi connectivity index (χ0) is 14.1. The van der Waals surface area contributed by atoms with E-state index in [0.29, 0.717) is 16.8 Å². The number of carbonyl (C=O) groups is 1. The molecule has 1 heterocycles. The maximum atomic E-state index is 12.7. The average molecular weight is 327 g/mol. The fourth-order valence-corrected chi connectivity index (χ4v) is 2.59. The van der Waals surface area contributed by atoms with Gasteiger partial charge in [-0.1, -0.05) is 34.1 Å². The molecule has 0 aliphatic carbocycles. The lowest BCUT2D eigenvalue weighted by Gasteiger charge is -2.07. The second-order valence-electron chi connectivity index (χ2n) is 4.44. The molecule has 0 unspecified atom stereocenters. The molecule has 0 radical (unpaired) electrons. The van der Waals surface area contributed by atoms with Gasteiger partial charge in [-0.05, 0) is 30.3 Å². The Balaban J connectivity index is 2.20. The summed E-state index contributed by atoms with van der Waals surface area (Å²) in [6.45, 7) is 0. The molecule has 4 heteroatoms. The number of nitrogens with zero attached hydrogens (tertiary/aromatic N) is 1. The summed E-state index contributed by atoms with van der Waals surface area (Å²) in [6.07, 6.45) is 1.72. The Bertz CT molecular complexity index is 809. The summed E-state index contributed by atoms with van der Waals surface area (Å²) in [7, 11) is 0. The van der Waals surface area contributed by atoms with Crippen molar-refractivity contribution in [2.24, 2.45) is 0 Å². The van der Waals surface area contributed by atoms with Gasteiger partial charge in [0.1, 0.15) is 0 Å². The van der Waals surface area contributed by atoms with Crippen LogP contribution in [0.3, 0.4) is 0 Å². The van der Waals surface area contributed by atoms with E-state index in [2.05, 4.69) is 20.9 Å². The molecule has 0 fully saturated rings. The molecular formula is C16H11BrN2O. The number of nitrogens with two attached hydrogens (primary N) is 1. The van der Waals surface area contributed by atoms with Gasteiger partial charge in [0, 0.05) is 32.9 Å². The van der Waals surface area contributed by atoms with Gasteiger partial charge in [-0.2, -0.15) is 0 Å². The highest BCUT2D eigenvalue weighted by Gasteiger charge is 2.15. The van der Waals surface area contributed by atoms with Gasteiger partial charge in [-0.15, -0.1) is 0 Å². The van der Waals surface area contributed by atoms with Crippen LogP contribution in [0.25, 0.3) is 10.9 Å². The first-order valence-corrected chi connectivity index (χ1v) is 6.89. The van der Waals surface area contributed by atoms with Gasteiger partial charge >= 0.3 is 0 Å². The minimum atomic E-state index is -0.0669. The average Bonchev–Trinajstić information content (AvgIpc) is 2.48. The summed E-state index contributed by atoms with van der Waals surface area (Å²) in [4.78, 5) is 17.0. The Labute approximate surface area is 124 Å². The van der Waals surface area contributed by atoms with Crippen LogP contribution in [0.15, 0.2) is 59.2 Å². The van der Waals surface area contributed by atoms with Gasteiger partial charge < -0.3 is 5.73 Å². The predicted molar refractivity (Wildman–Crippen MR) is 83.7 cm³/mol. The third-order valence-electron chi connectivity index (χ3n) is 3.13. The van der Waals surface area contributed by atoms with Crippen molar-refractivity contribution in [3.05, 3.63) is 70.3 Å². The number of rotatable bonds is 2. The number of anilines is 1. The van der Waals surface area contributed by atoms with E-state index in [-0.39, 0.29) is 5.78 Å². The smallest absolute Gasteiger partial charge is 0.194 e. The van der Waals surface area contributed by atoms with E-state index in [1.165, 1.54) is 0 Å². The highest BCUT2D eigenvalue weighted by Crippen LogP contribution is 2.25. The number of fused-ring (bicyclic) bond motifs is 1. The summed E-state index contributed by atoms with van der Waals surface area (Å²) >= 11 is 3.40. The number of aromatic nitrogens is 1. The number of carbonyl (C=O) groups excluding carboxylic acids is 1. The quantitative estimate of drug-likeness (QED) is 0.575. The lowest BCUT2D eigenvalue weighted by Crippen LogP contribution is -2.04. The van der Waals surface area contributed by atoms with Gasteiger partial charge in [-0.3, -0.25) is 9.78 Å². The Hall–Kier alpha value is -2.20. The lowest BCUT2D eigenvalue weighted by atomic mass is 9.99. The first kappa shape index (κ1) is 12.8. The summed E-state index contributed by atoms with van der Waals surface area (Å²) < 4.78 is 0.734. The molecule has 3 aromatic rings. The van der Waals surface area contributed by atoms with Gasteiger partial charge in [0.05, 0.1) is 5.52 Å². The van der Waals surface area contributed by atoms with Crippen LogP contribution in [-0.4, -0.2) is 10.8 Å². The SMILES string of the molecule is Nc1ccc(Br)c(C(=O)c2cccc3ncccc23)c1. The molecule has 0 saturated heterocycles. The fourth-order valence-electron chi connectivity index (χ4n) is 2.16. The summed E-state index contributed by atoms with van der Waals surface area (Å²) in [5.41, 5.74) is 8.32. The topological polar surface area (TPSA) is 56.0 Å². The van der Waals surface area contributed by atoms with Gasteiger partial charge in [0.2, 0.25) is 0 Å². The second-order valence-corrected chi connectivity index (χ2v) is 5.30. The first-order chi connectivity index (χ1) is 9.66. The molecule has 0 saturated carbocycles. The van der Waals surface area contributed by atoms with E-state index in [0.717, 1.165) is 15.4 Å². The van der Waals surface area contributed by atoms with Gasteiger partial charge in [0.25, 0.3) is 0 Å². The normalized spacial score (nSPS) is 10.7. The fraction of sp³-hybridized carbons (Fsp3) is 0. The highest BCUT2D eigenvalue weighted by molar-refractivity contribution is 9.10. The van der Waals surface area contributed by atoms with Crippen LogP contribution in [0.1, 0.15) is 15.9 Å². The molecule has 0 atom stereocenters. The zero-order valence-electron chi connectivity index (χ0n) is 10.5. The standard InChI is InChI=1S/C16H11BrN2O/c17-14-7-6-10(18)9-13(14)16(20)12-3-1-5-15-11(12)4-2-8-19-15/h1-9H,18H2. The monoisotopic (exact) mass is 326 g/mol. The predicted octanol–water partition coefficient (Wildman–Crippen LogP) is 3.81. The number of benzene rings is 2. The number of hydrogen-bond donors (Lipinski definition) is 1. The molecule has 20 heavy (non-hydrogen) atoms. The molecular weight excluding hydrogens is 316 g/mol. The first-order valence-electron chi connectivity index (χ1n) is 6.10. The molecule has 0 aliphatic heterocycles. The van der Waals surface area contributed by atoms with Crippen LogP contribution < -0.4 is 5.73 Å². The van der Waals surface area contributed by atoms with Crippen LogP contribution in [-0.2, 0) is 0 Å². The molecule has 0 spiro atoms. The minimum absolute atomic E-state index is 0.0669. The molecule has 0 amide bonds. The Morgan fingerprint density at radius 2 is 1.90 bits per heavy atom. The molecule has 0 aliphatic rings. The van der Waals surface area contributed by atoms with Crippen molar-refractivity contribution in [2.75, 3.05) is 5.73 Å².